The second kappa shape index (κ2) is 17.9. The molecular formula is C54H44N2O2. The normalized spacial score (nSPS) is 11.1. The van der Waals surface area contributed by atoms with Crippen LogP contribution in [0.25, 0.3) is 28.5 Å². The average molecular weight is 753 g/mol. The fraction of sp³-hybridized carbons (Fsp3) is 0.0370. The SMILES string of the molecule is COc1ccc(N(c2ccc(/C=C/C=C/c3ccc(N(C=C(c4ccccc4)c4ccccc4)c4ccccc4)c4ccccc34)cc2)c2ccc(OC)cc2)cc1. The van der Waals surface area contributed by atoms with Crippen LogP contribution in [-0.4, -0.2) is 14.2 Å². The maximum Gasteiger partial charge on any atom is 0.119 e. The maximum atomic E-state index is 5.42. The fourth-order valence-electron chi connectivity index (χ4n) is 7.18. The molecule has 0 aromatic heterocycles. The third kappa shape index (κ3) is 8.47. The zero-order valence-corrected chi connectivity index (χ0v) is 32.7. The van der Waals surface area contributed by atoms with Gasteiger partial charge in [-0.1, -0.05) is 146 Å². The van der Waals surface area contributed by atoms with Crippen molar-refractivity contribution in [3.8, 4) is 11.5 Å². The Morgan fingerprint density at radius 1 is 0.414 bits per heavy atom. The van der Waals surface area contributed by atoms with Gasteiger partial charge in [0.1, 0.15) is 11.5 Å². The van der Waals surface area contributed by atoms with Gasteiger partial charge in [-0.05, 0) is 107 Å². The van der Waals surface area contributed by atoms with Crippen molar-refractivity contribution in [2.75, 3.05) is 24.0 Å². The predicted octanol–water partition coefficient (Wildman–Crippen LogP) is 14.3. The molecule has 0 radical (unpaired) electrons. The Bertz CT molecular complexity index is 2560. The van der Waals surface area contributed by atoms with Gasteiger partial charge in [0.15, 0.2) is 0 Å². The van der Waals surface area contributed by atoms with Crippen LogP contribution < -0.4 is 19.3 Å². The third-order valence-electron chi connectivity index (χ3n) is 10.1. The average Bonchev–Trinajstić information content (AvgIpc) is 3.30. The van der Waals surface area contributed by atoms with Gasteiger partial charge in [0, 0.05) is 39.9 Å². The topological polar surface area (TPSA) is 24.9 Å². The zero-order chi connectivity index (χ0) is 39.5. The first kappa shape index (κ1) is 37.4. The first-order valence-corrected chi connectivity index (χ1v) is 19.4. The molecule has 0 amide bonds. The zero-order valence-electron chi connectivity index (χ0n) is 32.7. The van der Waals surface area contributed by atoms with E-state index in [2.05, 4.69) is 216 Å². The smallest absolute Gasteiger partial charge is 0.119 e. The molecule has 0 heterocycles. The number of methoxy groups -OCH3 is 2. The highest BCUT2D eigenvalue weighted by atomic mass is 16.5. The van der Waals surface area contributed by atoms with Gasteiger partial charge in [0.2, 0.25) is 0 Å². The predicted molar refractivity (Wildman–Crippen MR) is 245 cm³/mol. The highest BCUT2D eigenvalue weighted by molar-refractivity contribution is 6.02. The van der Waals surface area contributed by atoms with Crippen LogP contribution in [-0.2, 0) is 0 Å². The summed E-state index contributed by atoms with van der Waals surface area (Å²) in [5.74, 6) is 1.64. The number of hydrogen-bond donors (Lipinski definition) is 0. The summed E-state index contributed by atoms with van der Waals surface area (Å²) in [7, 11) is 3.37. The van der Waals surface area contributed by atoms with E-state index in [4.69, 9.17) is 9.47 Å². The summed E-state index contributed by atoms with van der Waals surface area (Å²) < 4.78 is 10.8. The van der Waals surface area contributed by atoms with Crippen LogP contribution >= 0.6 is 0 Å². The number of hydrogen-bond acceptors (Lipinski definition) is 4. The van der Waals surface area contributed by atoms with Gasteiger partial charge in [-0.15, -0.1) is 0 Å². The lowest BCUT2D eigenvalue weighted by Gasteiger charge is -2.26. The maximum absolute atomic E-state index is 5.42. The Hall–Kier alpha value is -7.56. The van der Waals surface area contributed by atoms with Gasteiger partial charge in [-0.3, -0.25) is 0 Å². The Morgan fingerprint density at radius 2 is 0.879 bits per heavy atom. The van der Waals surface area contributed by atoms with Crippen LogP contribution in [0, 0.1) is 0 Å². The van der Waals surface area contributed by atoms with E-state index in [0.717, 1.165) is 67.8 Å². The first-order valence-electron chi connectivity index (χ1n) is 19.4. The number of para-hydroxylation sites is 1. The molecule has 4 heteroatoms. The van der Waals surface area contributed by atoms with Crippen molar-refractivity contribution in [1.82, 2.24) is 0 Å². The molecule has 0 bridgehead atoms. The number of anilines is 5. The van der Waals surface area contributed by atoms with Gasteiger partial charge in [0.05, 0.1) is 19.9 Å². The molecule has 0 unspecified atom stereocenters. The molecule has 0 aliphatic carbocycles. The van der Waals surface area contributed by atoms with Crippen molar-refractivity contribution in [3.63, 3.8) is 0 Å². The number of benzene rings is 8. The minimum atomic E-state index is 0.818. The Labute approximate surface area is 341 Å². The lowest BCUT2D eigenvalue weighted by molar-refractivity contribution is 0.415. The number of rotatable bonds is 13. The van der Waals surface area contributed by atoms with Crippen LogP contribution in [0.4, 0.5) is 28.4 Å². The van der Waals surface area contributed by atoms with E-state index in [1.807, 2.05) is 24.3 Å². The molecule has 8 aromatic carbocycles. The Kier molecular flexibility index (Phi) is 11.6. The van der Waals surface area contributed by atoms with Gasteiger partial charge >= 0.3 is 0 Å². The van der Waals surface area contributed by atoms with Crippen LogP contribution in [0.2, 0.25) is 0 Å². The molecule has 0 atom stereocenters. The molecule has 0 fully saturated rings. The first-order chi connectivity index (χ1) is 28.7. The molecule has 0 saturated carbocycles. The van der Waals surface area contributed by atoms with Crippen molar-refractivity contribution in [1.29, 1.82) is 0 Å². The number of nitrogens with zero attached hydrogens (tertiary/aromatic N) is 2. The molecular weight excluding hydrogens is 709 g/mol. The van der Waals surface area contributed by atoms with E-state index < -0.39 is 0 Å². The summed E-state index contributed by atoms with van der Waals surface area (Å²) in [6.45, 7) is 0. The molecule has 58 heavy (non-hydrogen) atoms. The summed E-state index contributed by atoms with van der Waals surface area (Å²) in [5.41, 5.74) is 11.0. The highest BCUT2D eigenvalue weighted by Crippen LogP contribution is 2.38. The van der Waals surface area contributed by atoms with Crippen LogP contribution in [0.15, 0.2) is 219 Å². The molecule has 8 rings (SSSR count). The molecule has 0 aliphatic rings. The summed E-state index contributed by atoms with van der Waals surface area (Å²) in [6.07, 6.45) is 10.8. The third-order valence-corrected chi connectivity index (χ3v) is 10.1. The molecule has 0 aliphatic heterocycles. The molecule has 0 saturated heterocycles. The van der Waals surface area contributed by atoms with E-state index in [9.17, 15) is 0 Å². The molecule has 282 valence electrons. The lowest BCUT2D eigenvalue weighted by atomic mass is 9.97. The van der Waals surface area contributed by atoms with Gasteiger partial charge in [-0.25, -0.2) is 0 Å². The number of fused-ring (bicyclic) bond motifs is 1. The minimum absolute atomic E-state index is 0.818. The summed E-state index contributed by atoms with van der Waals surface area (Å²) in [5, 5.41) is 2.35. The van der Waals surface area contributed by atoms with E-state index in [1.54, 1.807) is 14.2 Å². The molecule has 8 aromatic rings. The largest absolute Gasteiger partial charge is 0.497 e. The second-order valence-electron chi connectivity index (χ2n) is 13.7. The van der Waals surface area contributed by atoms with Crippen molar-refractivity contribution >= 4 is 56.9 Å². The van der Waals surface area contributed by atoms with E-state index >= 15 is 0 Å². The Morgan fingerprint density at radius 3 is 1.41 bits per heavy atom. The van der Waals surface area contributed by atoms with Gasteiger partial charge in [0.25, 0.3) is 0 Å². The van der Waals surface area contributed by atoms with Crippen LogP contribution in [0.5, 0.6) is 11.5 Å². The van der Waals surface area contributed by atoms with Crippen LogP contribution in [0.1, 0.15) is 22.3 Å². The second-order valence-corrected chi connectivity index (χ2v) is 13.7. The standard InChI is InChI=1S/C54H44N2O2/c1-57-49-35-31-47(32-36-49)56(48-33-37-50(58-2)38-34-48)46-29-26-41(27-30-46)16-12-13-21-44-28-39-54(52-25-15-14-24-51(44)52)55(45-22-10-5-11-23-45)40-53(42-17-6-3-7-18-42)43-19-8-4-9-20-43/h3-40H,1-2H3/b16-12+,21-13+. The van der Waals surface area contributed by atoms with Gasteiger partial charge < -0.3 is 19.3 Å². The van der Waals surface area contributed by atoms with Gasteiger partial charge in [-0.2, -0.15) is 0 Å². The molecule has 0 spiro atoms. The van der Waals surface area contributed by atoms with E-state index in [-0.39, 0.29) is 0 Å². The highest BCUT2D eigenvalue weighted by Gasteiger charge is 2.16. The molecule has 4 nitrogen and oxygen atoms in total. The van der Waals surface area contributed by atoms with Crippen LogP contribution in [0.3, 0.4) is 0 Å². The Balaban J connectivity index is 1.09. The van der Waals surface area contributed by atoms with Crippen molar-refractivity contribution in [3.05, 3.63) is 241 Å². The quantitative estimate of drug-likeness (QED) is 0.110. The van der Waals surface area contributed by atoms with Crippen molar-refractivity contribution in [2.24, 2.45) is 0 Å². The number of allylic oxidation sites excluding steroid dienone is 2. The fourth-order valence-corrected chi connectivity index (χ4v) is 7.18. The molecule has 0 N–H and O–H groups in total. The van der Waals surface area contributed by atoms with Crippen molar-refractivity contribution < 1.29 is 9.47 Å². The van der Waals surface area contributed by atoms with E-state index in [0.29, 0.717) is 0 Å². The van der Waals surface area contributed by atoms with Crippen molar-refractivity contribution in [2.45, 2.75) is 0 Å². The van der Waals surface area contributed by atoms with E-state index in [1.165, 1.54) is 10.8 Å². The summed E-state index contributed by atoms with van der Waals surface area (Å²) >= 11 is 0. The monoisotopic (exact) mass is 752 g/mol. The number of ether oxygens (including phenoxy) is 2. The lowest BCUT2D eigenvalue weighted by Crippen LogP contribution is -2.11. The minimum Gasteiger partial charge on any atom is -0.497 e. The summed E-state index contributed by atoms with van der Waals surface area (Å²) in [6, 6.07) is 69.7. The summed E-state index contributed by atoms with van der Waals surface area (Å²) in [4.78, 5) is 4.54.